The molecule has 1 nitrogen and oxygen atoms in total. The van der Waals surface area contributed by atoms with Crippen LogP contribution in [0, 0.1) is 11.6 Å². The van der Waals surface area contributed by atoms with Crippen molar-refractivity contribution in [3.05, 3.63) is 52.4 Å². The molecule has 21 heavy (non-hydrogen) atoms. The van der Waals surface area contributed by atoms with Crippen LogP contribution in [0.5, 0.6) is 0 Å². The van der Waals surface area contributed by atoms with Crippen LogP contribution >= 0.6 is 23.1 Å². The fourth-order valence-corrected chi connectivity index (χ4v) is 5.31. The lowest BCUT2D eigenvalue weighted by atomic mass is 10.0. The average Bonchev–Trinajstić information content (AvgIpc) is 2.89. The van der Waals surface area contributed by atoms with Crippen LogP contribution in [0.4, 0.5) is 8.78 Å². The highest BCUT2D eigenvalue weighted by Crippen LogP contribution is 2.44. The lowest BCUT2D eigenvalue weighted by Gasteiger charge is -2.30. The number of hydrogen-bond acceptors (Lipinski definition) is 3. The van der Waals surface area contributed by atoms with Crippen molar-refractivity contribution in [2.24, 2.45) is 0 Å². The Kier molecular flexibility index (Phi) is 4.33. The van der Waals surface area contributed by atoms with E-state index in [1.165, 1.54) is 21.9 Å². The van der Waals surface area contributed by atoms with E-state index in [4.69, 9.17) is 0 Å². The van der Waals surface area contributed by atoms with Gasteiger partial charge in [0.05, 0.1) is 4.21 Å². The Labute approximate surface area is 131 Å². The minimum atomic E-state index is -0.399. The summed E-state index contributed by atoms with van der Waals surface area (Å²) in [6.45, 7) is 4.09. The van der Waals surface area contributed by atoms with E-state index in [2.05, 4.69) is 23.7 Å². The molecular weight excluding hydrogens is 308 g/mol. The molecule has 0 spiro atoms. The Morgan fingerprint density at radius 3 is 2.90 bits per heavy atom. The van der Waals surface area contributed by atoms with Gasteiger partial charge >= 0.3 is 0 Å². The number of thiophene rings is 1. The van der Waals surface area contributed by atoms with Gasteiger partial charge in [-0.15, -0.1) is 23.1 Å². The van der Waals surface area contributed by atoms with Crippen LogP contribution in [0.3, 0.4) is 0 Å². The molecule has 5 heteroatoms. The molecule has 2 unspecified atom stereocenters. The molecule has 0 bridgehead atoms. The molecule has 2 heterocycles. The van der Waals surface area contributed by atoms with Gasteiger partial charge in [-0.2, -0.15) is 0 Å². The minimum Gasteiger partial charge on any atom is -0.303 e. The van der Waals surface area contributed by atoms with Crippen molar-refractivity contribution in [2.75, 3.05) is 0 Å². The van der Waals surface area contributed by atoms with Crippen LogP contribution in [-0.2, 0) is 0 Å². The zero-order valence-electron chi connectivity index (χ0n) is 11.9. The summed E-state index contributed by atoms with van der Waals surface area (Å²) in [6.07, 6.45) is 0.996. The number of nitrogens with one attached hydrogen (secondary N) is 1. The molecule has 2 aromatic rings. The second-order valence-electron chi connectivity index (χ2n) is 5.43. The third kappa shape index (κ3) is 3.15. The summed E-state index contributed by atoms with van der Waals surface area (Å²) in [7, 11) is 0. The highest BCUT2D eigenvalue weighted by molar-refractivity contribution is 8.01. The van der Waals surface area contributed by atoms with Gasteiger partial charge < -0.3 is 5.32 Å². The van der Waals surface area contributed by atoms with E-state index < -0.39 is 5.82 Å². The molecule has 0 radical (unpaired) electrons. The number of hydrogen-bond donors (Lipinski definition) is 1. The monoisotopic (exact) mass is 325 g/mol. The highest BCUT2D eigenvalue weighted by atomic mass is 32.2. The van der Waals surface area contributed by atoms with Crippen molar-refractivity contribution in [3.63, 3.8) is 0 Å². The topological polar surface area (TPSA) is 12.0 Å². The molecular formula is C16H17F2NS2. The molecule has 0 saturated heterocycles. The van der Waals surface area contributed by atoms with Gasteiger partial charge in [-0.3, -0.25) is 0 Å². The molecule has 1 aromatic carbocycles. The molecule has 112 valence electrons. The largest absolute Gasteiger partial charge is 0.303 e. The lowest BCUT2D eigenvalue weighted by molar-refractivity contribution is 0.423. The zero-order chi connectivity index (χ0) is 15.0. The third-order valence-corrected chi connectivity index (χ3v) is 6.13. The van der Waals surface area contributed by atoms with Crippen molar-refractivity contribution >= 4 is 23.1 Å². The number of fused-ring (bicyclic) bond motifs is 1. The molecule has 0 aliphatic carbocycles. The molecule has 0 amide bonds. The summed E-state index contributed by atoms with van der Waals surface area (Å²) in [5.41, 5.74) is 1.67. The van der Waals surface area contributed by atoms with E-state index in [9.17, 15) is 8.78 Å². The Hall–Kier alpha value is -0.910. The van der Waals surface area contributed by atoms with E-state index in [1.54, 1.807) is 11.3 Å². The fourth-order valence-electron chi connectivity index (χ4n) is 2.74. The van der Waals surface area contributed by atoms with E-state index in [0.717, 1.165) is 12.5 Å². The van der Waals surface area contributed by atoms with Crippen molar-refractivity contribution in [2.45, 2.75) is 41.8 Å². The second-order valence-corrected chi connectivity index (χ2v) is 8.06. The maximum Gasteiger partial charge on any atom is 0.128 e. The van der Waals surface area contributed by atoms with Gasteiger partial charge in [-0.05, 0) is 48.6 Å². The molecule has 1 aromatic heterocycles. The second kappa shape index (κ2) is 6.07. The minimum absolute atomic E-state index is 0.195. The molecule has 0 fully saturated rings. The first-order chi connectivity index (χ1) is 10.0. The summed E-state index contributed by atoms with van der Waals surface area (Å²) >= 11 is 3.65. The summed E-state index contributed by atoms with van der Waals surface area (Å²) < 4.78 is 28.6. The van der Waals surface area contributed by atoms with Crippen molar-refractivity contribution in [1.82, 2.24) is 5.32 Å². The Morgan fingerprint density at radius 1 is 1.29 bits per heavy atom. The van der Waals surface area contributed by atoms with Gasteiger partial charge in [-0.25, -0.2) is 8.78 Å². The zero-order valence-corrected chi connectivity index (χ0v) is 13.5. The van der Waals surface area contributed by atoms with E-state index >= 15 is 0 Å². The molecule has 1 aliphatic heterocycles. The summed E-state index contributed by atoms with van der Waals surface area (Å²) in [5, 5.41) is 6.08. The van der Waals surface area contributed by atoms with E-state index in [-0.39, 0.29) is 17.9 Å². The van der Waals surface area contributed by atoms with Crippen LogP contribution in [-0.4, -0.2) is 5.25 Å². The fraction of sp³-hybridized carbons (Fsp3) is 0.375. The van der Waals surface area contributed by atoms with E-state index in [0.29, 0.717) is 10.8 Å². The summed E-state index contributed by atoms with van der Waals surface area (Å²) in [5.74, 6) is -0.760. The van der Waals surface area contributed by atoms with Crippen molar-refractivity contribution in [1.29, 1.82) is 0 Å². The Balaban J connectivity index is 1.82. The molecule has 3 rings (SSSR count). The lowest BCUT2D eigenvalue weighted by Crippen LogP contribution is -2.29. The Morgan fingerprint density at radius 2 is 2.10 bits per heavy atom. The highest BCUT2D eigenvalue weighted by Gasteiger charge is 2.27. The van der Waals surface area contributed by atoms with Crippen LogP contribution < -0.4 is 5.32 Å². The van der Waals surface area contributed by atoms with Crippen LogP contribution in [0.25, 0.3) is 0 Å². The van der Waals surface area contributed by atoms with Gasteiger partial charge in [0.15, 0.2) is 0 Å². The predicted octanol–water partition coefficient (Wildman–Crippen LogP) is 5.30. The maximum atomic E-state index is 13.9. The van der Waals surface area contributed by atoms with E-state index in [1.807, 2.05) is 18.7 Å². The predicted molar refractivity (Wildman–Crippen MR) is 84.9 cm³/mol. The molecule has 0 saturated carbocycles. The van der Waals surface area contributed by atoms with Gasteiger partial charge in [0.2, 0.25) is 0 Å². The standard InChI is InChI=1S/C16H17F2NS2/c1-9-7-15(12-5-6-20-16(12)21-9)19-10(2)13-8-11(17)3-4-14(13)18/h3-6,8-10,15,19H,7H2,1-2H3/t9-,10?,15?/m0/s1. The average molecular weight is 325 g/mol. The number of rotatable bonds is 3. The SMILES string of the molecule is CC(NC1C[C@H](C)Sc2sccc21)c1cc(F)ccc1F. The number of halogens is 2. The first kappa shape index (κ1) is 15.0. The summed E-state index contributed by atoms with van der Waals surface area (Å²) in [4.78, 5) is 0. The molecule has 3 atom stereocenters. The third-order valence-electron chi connectivity index (χ3n) is 3.79. The molecule has 1 N–H and O–H groups in total. The number of thioether (sulfide) groups is 1. The van der Waals surface area contributed by atoms with Gasteiger partial charge in [-0.1, -0.05) is 6.92 Å². The summed E-state index contributed by atoms with van der Waals surface area (Å²) in [6, 6.07) is 5.72. The van der Waals surface area contributed by atoms with Crippen molar-refractivity contribution in [3.8, 4) is 0 Å². The Bertz CT molecular complexity index is 641. The van der Waals surface area contributed by atoms with Gasteiger partial charge in [0.1, 0.15) is 11.6 Å². The molecule has 1 aliphatic rings. The first-order valence-electron chi connectivity index (χ1n) is 6.99. The quantitative estimate of drug-likeness (QED) is 0.821. The van der Waals surface area contributed by atoms with Gasteiger partial charge in [0, 0.05) is 22.9 Å². The van der Waals surface area contributed by atoms with Crippen LogP contribution in [0.15, 0.2) is 33.9 Å². The maximum absolute atomic E-state index is 13.9. The van der Waals surface area contributed by atoms with Gasteiger partial charge in [0.25, 0.3) is 0 Å². The smallest absolute Gasteiger partial charge is 0.128 e. The van der Waals surface area contributed by atoms with Crippen LogP contribution in [0.2, 0.25) is 0 Å². The van der Waals surface area contributed by atoms with Crippen LogP contribution in [0.1, 0.15) is 43.5 Å². The van der Waals surface area contributed by atoms with Crippen molar-refractivity contribution < 1.29 is 8.78 Å². The first-order valence-corrected chi connectivity index (χ1v) is 8.75. The normalized spacial score (nSPS) is 22.9. The number of benzene rings is 1.